The Labute approximate surface area is 154 Å². The number of rotatable bonds is 5. The normalized spacial score (nSPS) is 19.8. The molecule has 6 nitrogen and oxygen atoms in total. The lowest BCUT2D eigenvalue weighted by Crippen LogP contribution is -2.28. The van der Waals surface area contributed by atoms with Gasteiger partial charge in [0.1, 0.15) is 5.75 Å². The summed E-state index contributed by atoms with van der Waals surface area (Å²) in [4.78, 5) is 8.32. The summed E-state index contributed by atoms with van der Waals surface area (Å²) in [6.07, 6.45) is 5.79. The molecule has 0 saturated heterocycles. The smallest absolute Gasteiger partial charge is 0.222 e. The van der Waals surface area contributed by atoms with Crippen molar-refractivity contribution in [1.29, 1.82) is 0 Å². The Balaban J connectivity index is 0.00000225. The lowest BCUT2D eigenvalue weighted by Gasteiger charge is -2.27. The van der Waals surface area contributed by atoms with Crippen molar-refractivity contribution in [1.82, 2.24) is 9.97 Å². The van der Waals surface area contributed by atoms with E-state index in [4.69, 9.17) is 10.5 Å². The van der Waals surface area contributed by atoms with E-state index >= 15 is 0 Å². The summed E-state index contributed by atoms with van der Waals surface area (Å²) in [6, 6.07) is 8.23. The molecule has 7 heteroatoms. The van der Waals surface area contributed by atoms with Crippen molar-refractivity contribution in [3.05, 3.63) is 36.0 Å². The number of aliphatic hydroxyl groups is 1. The van der Waals surface area contributed by atoms with Crippen molar-refractivity contribution < 1.29 is 9.84 Å². The summed E-state index contributed by atoms with van der Waals surface area (Å²) in [5, 5.41) is 13.0. The molecule has 3 rings (SSSR count). The second-order valence-electron chi connectivity index (χ2n) is 6.19. The van der Waals surface area contributed by atoms with Gasteiger partial charge in [0.15, 0.2) is 11.6 Å². The minimum Gasteiger partial charge on any atom is -0.452 e. The third-order valence-corrected chi connectivity index (χ3v) is 4.37. The van der Waals surface area contributed by atoms with Crippen molar-refractivity contribution in [3.63, 3.8) is 0 Å². The number of nitrogens with one attached hydrogen (secondary N) is 1. The van der Waals surface area contributed by atoms with Crippen LogP contribution >= 0.6 is 12.4 Å². The summed E-state index contributed by atoms with van der Waals surface area (Å²) in [5.74, 6) is 2.10. The largest absolute Gasteiger partial charge is 0.452 e. The van der Waals surface area contributed by atoms with Gasteiger partial charge in [-0.05, 0) is 49.8 Å². The van der Waals surface area contributed by atoms with Crippen LogP contribution in [0.5, 0.6) is 11.5 Å². The van der Waals surface area contributed by atoms with Gasteiger partial charge in [0.05, 0.1) is 12.3 Å². The highest BCUT2D eigenvalue weighted by molar-refractivity contribution is 5.85. The highest BCUT2D eigenvalue weighted by atomic mass is 35.5. The van der Waals surface area contributed by atoms with Crippen LogP contribution in [0.15, 0.2) is 30.5 Å². The van der Waals surface area contributed by atoms with E-state index < -0.39 is 0 Å². The number of hydrogen-bond donors (Lipinski definition) is 3. The molecule has 25 heavy (non-hydrogen) atoms. The van der Waals surface area contributed by atoms with Crippen molar-refractivity contribution in [2.75, 3.05) is 11.1 Å². The monoisotopic (exact) mass is 364 g/mol. The molecule has 1 heterocycles. The molecule has 1 saturated carbocycles. The summed E-state index contributed by atoms with van der Waals surface area (Å²) in [6.45, 7) is 2.12. The Kier molecular flexibility index (Phi) is 6.84. The Morgan fingerprint density at radius 1 is 1.20 bits per heavy atom. The van der Waals surface area contributed by atoms with Crippen LogP contribution in [0.2, 0.25) is 0 Å². The van der Waals surface area contributed by atoms with Gasteiger partial charge < -0.3 is 20.9 Å². The van der Waals surface area contributed by atoms with Gasteiger partial charge in [-0.15, -0.1) is 12.4 Å². The first-order chi connectivity index (χ1) is 11.6. The maximum absolute atomic E-state index is 9.63. The third kappa shape index (κ3) is 5.21. The van der Waals surface area contributed by atoms with Crippen LogP contribution in [-0.4, -0.2) is 27.2 Å². The fourth-order valence-corrected chi connectivity index (χ4v) is 2.90. The van der Waals surface area contributed by atoms with Crippen molar-refractivity contribution in [3.8, 4) is 11.5 Å². The number of halogens is 1. The Morgan fingerprint density at radius 3 is 2.52 bits per heavy atom. The van der Waals surface area contributed by atoms with Gasteiger partial charge in [0.25, 0.3) is 0 Å². The zero-order valence-electron chi connectivity index (χ0n) is 14.3. The van der Waals surface area contributed by atoms with E-state index in [1.165, 1.54) is 5.56 Å². The van der Waals surface area contributed by atoms with Gasteiger partial charge >= 0.3 is 0 Å². The number of benzene rings is 1. The number of aliphatic hydroxyl groups excluding tert-OH is 1. The van der Waals surface area contributed by atoms with Crippen LogP contribution in [0.25, 0.3) is 0 Å². The predicted molar refractivity (Wildman–Crippen MR) is 101 cm³/mol. The molecular formula is C18H25ClN4O2. The first kappa shape index (κ1) is 19.3. The molecule has 4 N–H and O–H groups in total. The van der Waals surface area contributed by atoms with Crippen molar-refractivity contribution in [2.24, 2.45) is 0 Å². The number of nitrogens with two attached hydrogens (primary N) is 1. The molecule has 1 aliphatic carbocycles. The van der Waals surface area contributed by atoms with Crippen LogP contribution in [0.1, 0.15) is 38.2 Å². The van der Waals surface area contributed by atoms with Crippen LogP contribution in [0.4, 0.5) is 11.8 Å². The van der Waals surface area contributed by atoms with Crippen LogP contribution in [-0.2, 0) is 6.42 Å². The van der Waals surface area contributed by atoms with Crippen molar-refractivity contribution in [2.45, 2.75) is 51.2 Å². The lowest BCUT2D eigenvalue weighted by atomic mass is 9.93. The van der Waals surface area contributed by atoms with E-state index in [1.54, 1.807) is 6.20 Å². The molecule has 1 aliphatic rings. The molecule has 1 aromatic carbocycles. The molecule has 0 bridgehead atoms. The molecule has 2 aromatic rings. The summed E-state index contributed by atoms with van der Waals surface area (Å²) in [7, 11) is 0. The molecule has 0 spiro atoms. The first-order valence-corrected chi connectivity index (χ1v) is 8.48. The van der Waals surface area contributed by atoms with Crippen LogP contribution in [0.3, 0.4) is 0 Å². The first-order valence-electron chi connectivity index (χ1n) is 8.48. The number of aromatic nitrogens is 2. The minimum atomic E-state index is -0.189. The fraction of sp³-hybridized carbons (Fsp3) is 0.444. The average Bonchev–Trinajstić information content (AvgIpc) is 2.60. The molecule has 1 fully saturated rings. The van der Waals surface area contributed by atoms with E-state index in [-0.39, 0.29) is 30.5 Å². The Morgan fingerprint density at radius 2 is 1.88 bits per heavy atom. The van der Waals surface area contributed by atoms with Crippen LogP contribution in [0, 0.1) is 0 Å². The zero-order chi connectivity index (χ0) is 16.9. The van der Waals surface area contributed by atoms with E-state index in [9.17, 15) is 5.11 Å². The van der Waals surface area contributed by atoms with Gasteiger partial charge in [-0.2, -0.15) is 4.98 Å². The molecular weight excluding hydrogens is 340 g/mol. The minimum absolute atomic E-state index is 0. The van der Waals surface area contributed by atoms with Gasteiger partial charge in [-0.3, -0.25) is 0 Å². The Hall–Kier alpha value is -2.05. The molecule has 0 unspecified atom stereocenters. The van der Waals surface area contributed by atoms with Gasteiger partial charge in [0, 0.05) is 6.04 Å². The molecule has 0 amide bonds. The quantitative estimate of drug-likeness (QED) is 0.751. The van der Waals surface area contributed by atoms with E-state index in [0.29, 0.717) is 11.6 Å². The van der Waals surface area contributed by atoms with E-state index in [1.807, 2.05) is 24.3 Å². The van der Waals surface area contributed by atoms with E-state index in [0.717, 1.165) is 37.9 Å². The van der Waals surface area contributed by atoms with Gasteiger partial charge in [-0.25, -0.2) is 4.98 Å². The van der Waals surface area contributed by atoms with Crippen molar-refractivity contribution >= 4 is 24.2 Å². The predicted octanol–water partition coefficient (Wildman–Crippen LogP) is 3.55. The highest BCUT2D eigenvalue weighted by Crippen LogP contribution is 2.30. The van der Waals surface area contributed by atoms with Gasteiger partial charge in [0.2, 0.25) is 5.95 Å². The SMILES string of the molecule is CCc1ccc(Oc2cnc(N)nc2N[C@H]2CC[C@H](O)CC2)cc1.Cl. The third-order valence-electron chi connectivity index (χ3n) is 4.37. The fourth-order valence-electron chi connectivity index (χ4n) is 2.90. The maximum atomic E-state index is 9.63. The second-order valence-corrected chi connectivity index (χ2v) is 6.19. The lowest BCUT2D eigenvalue weighted by molar-refractivity contribution is 0.126. The topological polar surface area (TPSA) is 93.3 Å². The number of hydrogen-bond acceptors (Lipinski definition) is 6. The second kappa shape index (κ2) is 8.87. The standard InChI is InChI=1S/C18H24N4O2.ClH/c1-2-12-3-9-15(10-4-12)24-16-11-20-18(19)22-17(16)21-13-5-7-14(23)8-6-13;/h3-4,9-11,13-14,23H,2,5-8H2,1H3,(H3,19,20,21,22);1H/t13-,14-;. The number of anilines is 2. The zero-order valence-corrected chi connectivity index (χ0v) is 15.1. The molecule has 0 radical (unpaired) electrons. The van der Waals surface area contributed by atoms with E-state index in [2.05, 4.69) is 22.2 Å². The summed E-state index contributed by atoms with van der Waals surface area (Å²) in [5.41, 5.74) is 6.99. The number of nitrogen functional groups attached to an aromatic ring is 1. The van der Waals surface area contributed by atoms with Crippen LogP contribution < -0.4 is 15.8 Å². The molecule has 1 aromatic heterocycles. The molecule has 0 atom stereocenters. The average molecular weight is 365 g/mol. The summed E-state index contributed by atoms with van der Waals surface area (Å²) >= 11 is 0. The number of aryl methyl sites for hydroxylation is 1. The highest BCUT2D eigenvalue weighted by Gasteiger charge is 2.21. The number of ether oxygens (including phenoxy) is 1. The molecule has 0 aliphatic heterocycles. The summed E-state index contributed by atoms with van der Waals surface area (Å²) < 4.78 is 5.93. The van der Waals surface area contributed by atoms with Gasteiger partial charge in [-0.1, -0.05) is 19.1 Å². The Bertz CT molecular complexity index is 673. The number of nitrogens with zero attached hydrogens (tertiary/aromatic N) is 2. The maximum Gasteiger partial charge on any atom is 0.222 e. The molecule has 136 valence electrons.